The number of nitrogens with zero attached hydrogens (tertiary/aromatic N) is 2. The molecule has 2 heterocycles. The van der Waals surface area contributed by atoms with Gasteiger partial charge in [0.1, 0.15) is 5.69 Å². The summed E-state index contributed by atoms with van der Waals surface area (Å²) in [6, 6.07) is 6.71. The van der Waals surface area contributed by atoms with E-state index >= 15 is 0 Å². The minimum Gasteiger partial charge on any atom is -0.465 e. The standard InChI is InChI=1S/C14H17N3O4/c18-14(19)16-10-5-6-11(16)8-9(7-10)15-12-3-1-2-4-13(12)17(20)21/h1-4,9-11,15H,5-8H2,(H,18,19). The second-order valence-corrected chi connectivity index (χ2v) is 5.66. The van der Waals surface area contributed by atoms with E-state index in [-0.39, 0.29) is 23.8 Å². The number of carbonyl (C=O) groups is 1. The third-order valence-electron chi connectivity index (χ3n) is 4.41. The number of nitro groups is 1. The molecule has 0 radical (unpaired) electrons. The summed E-state index contributed by atoms with van der Waals surface area (Å²) in [5.74, 6) is 0. The first-order valence-electron chi connectivity index (χ1n) is 7.07. The lowest BCUT2D eigenvalue weighted by molar-refractivity contribution is -0.384. The van der Waals surface area contributed by atoms with Crippen LogP contribution in [0.4, 0.5) is 16.2 Å². The number of hydrogen-bond acceptors (Lipinski definition) is 4. The van der Waals surface area contributed by atoms with E-state index in [0.29, 0.717) is 18.5 Å². The molecule has 0 aliphatic carbocycles. The Morgan fingerprint density at radius 2 is 1.90 bits per heavy atom. The fourth-order valence-corrected chi connectivity index (χ4v) is 3.58. The van der Waals surface area contributed by atoms with Gasteiger partial charge in [-0.2, -0.15) is 0 Å². The fourth-order valence-electron chi connectivity index (χ4n) is 3.58. The van der Waals surface area contributed by atoms with Crippen molar-refractivity contribution in [2.45, 2.75) is 43.8 Å². The van der Waals surface area contributed by atoms with Crippen molar-refractivity contribution in [3.8, 4) is 0 Å². The lowest BCUT2D eigenvalue weighted by atomic mass is 9.97. The van der Waals surface area contributed by atoms with Gasteiger partial charge in [-0.3, -0.25) is 10.1 Å². The van der Waals surface area contributed by atoms with Crippen molar-refractivity contribution < 1.29 is 14.8 Å². The first-order chi connectivity index (χ1) is 10.1. The van der Waals surface area contributed by atoms with Gasteiger partial charge in [-0.25, -0.2) is 4.79 Å². The molecule has 3 rings (SSSR count). The molecule has 1 amide bonds. The summed E-state index contributed by atoms with van der Waals surface area (Å²) in [6.45, 7) is 0. The molecule has 2 atom stereocenters. The molecule has 0 aromatic heterocycles. The summed E-state index contributed by atoms with van der Waals surface area (Å²) >= 11 is 0. The van der Waals surface area contributed by atoms with Crippen molar-refractivity contribution in [1.82, 2.24) is 4.90 Å². The zero-order valence-corrected chi connectivity index (χ0v) is 11.4. The first-order valence-corrected chi connectivity index (χ1v) is 7.07. The molecule has 2 fully saturated rings. The summed E-state index contributed by atoms with van der Waals surface area (Å²) in [4.78, 5) is 23.4. The van der Waals surface area contributed by atoms with Crippen LogP contribution in [0.15, 0.2) is 24.3 Å². The molecule has 112 valence electrons. The minimum absolute atomic E-state index is 0.0292. The van der Waals surface area contributed by atoms with Crippen molar-refractivity contribution in [2.75, 3.05) is 5.32 Å². The molecule has 2 N–H and O–H groups in total. The Bertz CT molecular complexity index is 563. The van der Waals surface area contributed by atoms with Gasteiger partial charge in [0.25, 0.3) is 5.69 Å². The number of amides is 1. The van der Waals surface area contributed by atoms with E-state index in [4.69, 9.17) is 0 Å². The summed E-state index contributed by atoms with van der Waals surface area (Å²) in [5, 5.41) is 23.5. The number of carboxylic acid groups (broad SMARTS) is 1. The molecule has 7 heteroatoms. The Morgan fingerprint density at radius 3 is 2.48 bits per heavy atom. The average Bonchev–Trinajstić information content (AvgIpc) is 2.71. The largest absolute Gasteiger partial charge is 0.465 e. The van der Waals surface area contributed by atoms with Crippen molar-refractivity contribution in [2.24, 2.45) is 0 Å². The Hall–Kier alpha value is -2.31. The van der Waals surface area contributed by atoms with Crippen LogP contribution in [-0.4, -0.2) is 39.1 Å². The lowest BCUT2D eigenvalue weighted by Gasteiger charge is -2.37. The second-order valence-electron chi connectivity index (χ2n) is 5.66. The van der Waals surface area contributed by atoms with Gasteiger partial charge in [-0.1, -0.05) is 12.1 Å². The average molecular weight is 291 g/mol. The van der Waals surface area contributed by atoms with Crippen LogP contribution >= 0.6 is 0 Å². The summed E-state index contributed by atoms with van der Waals surface area (Å²) in [7, 11) is 0. The second kappa shape index (κ2) is 5.23. The molecule has 1 aromatic rings. The highest BCUT2D eigenvalue weighted by Gasteiger charge is 2.43. The van der Waals surface area contributed by atoms with Crippen LogP contribution in [-0.2, 0) is 0 Å². The predicted octanol–water partition coefficient (Wildman–Crippen LogP) is 2.68. The number of nitro benzene ring substituents is 1. The van der Waals surface area contributed by atoms with E-state index in [1.807, 2.05) is 0 Å². The molecule has 0 saturated carbocycles. The van der Waals surface area contributed by atoms with E-state index in [2.05, 4.69) is 5.32 Å². The summed E-state index contributed by atoms with van der Waals surface area (Å²) in [5.41, 5.74) is 0.571. The van der Waals surface area contributed by atoms with Crippen molar-refractivity contribution in [3.05, 3.63) is 34.4 Å². The molecular weight excluding hydrogens is 274 g/mol. The quantitative estimate of drug-likeness (QED) is 0.659. The Morgan fingerprint density at radius 1 is 1.29 bits per heavy atom. The fraction of sp³-hybridized carbons (Fsp3) is 0.500. The van der Waals surface area contributed by atoms with Crippen molar-refractivity contribution >= 4 is 17.5 Å². The van der Waals surface area contributed by atoms with Crippen LogP contribution < -0.4 is 5.32 Å². The van der Waals surface area contributed by atoms with Gasteiger partial charge in [0.05, 0.1) is 4.92 Å². The highest BCUT2D eigenvalue weighted by molar-refractivity contribution is 5.67. The molecule has 21 heavy (non-hydrogen) atoms. The van der Waals surface area contributed by atoms with Gasteiger partial charge in [0.2, 0.25) is 0 Å². The monoisotopic (exact) mass is 291 g/mol. The highest BCUT2D eigenvalue weighted by atomic mass is 16.6. The van der Waals surface area contributed by atoms with Crippen molar-refractivity contribution in [3.63, 3.8) is 0 Å². The van der Waals surface area contributed by atoms with E-state index in [9.17, 15) is 20.0 Å². The Kier molecular flexibility index (Phi) is 3.40. The normalized spacial score (nSPS) is 27.4. The maximum absolute atomic E-state index is 11.2. The number of anilines is 1. The summed E-state index contributed by atoms with van der Waals surface area (Å²) in [6.07, 6.45) is 2.31. The number of hydrogen-bond donors (Lipinski definition) is 2. The molecule has 2 saturated heterocycles. The van der Waals surface area contributed by atoms with Gasteiger partial charge in [-0.15, -0.1) is 0 Å². The molecular formula is C14H17N3O4. The van der Waals surface area contributed by atoms with Crippen LogP contribution in [0.1, 0.15) is 25.7 Å². The van der Waals surface area contributed by atoms with Gasteiger partial charge in [0, 0.05) is 24.2 Å². The molecule has 2 aliphatic rings. The van der Waals surface area contributed by atoms with E-state index in [1.165, 1.54) is 6.07 Å². The van der Waals surface area contributed by atoms with Gasteiger partial charge < -0.3 is 15.3 Å². The maximum atomic E-state index is 11.2. The number of piperidine rings is 1. The number of para-hydroxylation sites is 2. The highest BCUT2D eigenvalue weighted by Crippen LogP contribution is 2.37. The zero-order valence-electron chi connectivity index (χ0n) is 11.4. The van der Waals surface area contributed by atoms with Crippen LogP contribution in [0.25, 0.3) is 0 Å². The SMILES string of the molecule is O=C(O)N1C2CCC1CC(Nc1ccccc1[N+](=O)[O-])C2. The number of nitrogens with one attached hydrogen (secondary N) is 1. The number of rotatable bonds is 3. The zero-order chi connectivity index (χ0) is 15.0. The summed E-state index contributed by atoms with van der Waals surface area (Å²) < 4.78 is 0. The topological polar surface area (TPSA) is 95.7 Å². The third kappa shape index (κ3) is 2.51. The number of benzene rings is 1. The molecule has 0 spiro atoms. The van der Waals surface area contributed by atoms with Crippen molar-refractivity contribution in [1.29, 1.82) is 0 Å². The van der Waals surface area contributed by atoms with Gasteiger partial charge in [-0.05, 0) is 31.7 Å². The minimum atomic E-state index is -0.855. The number of fused-ring (bicyclic) bond motifs is 2. The van der Waals surface area contributed by atoms with Gasteiger partial charge >= 0.3 is 6.09 Å². The van der Waals surface area contributed by atoms with Crippen LogP contribution in [0.5, 0.6) is 0 Å². The van der Waals surface area contributed by atoms with E-state index < -0.39 is 11.0 Å². The molecule has 2 aliphatic heterocycles. The Labute approximate surface area is 121 Å². The van der Waals surface area contributed by atoms with Crippen LogP contribution in [0.3, 0.4) is 0 Å². The molecule has 1 aromatic carbocycles. The molecule has 7 nitrogen and oxygen atoms in total. The maximum Gasteiger partial charge on any atom is 0.407 e. The Balaban J connectivity index is 1.74. The van der Waals surface area contributed by atoms with Gasteiger partial charge in [0.15, 0.2) is 0 Å². The predicted molar refractivity (Wildman–Crippen MR) is 76.4 cm³/mol. The van der Waals surface area contributed by atoms with Crippen LogP contribution in [0, 0.1) is 10.1 Å². The van der Waals surface area contributed by atoms with E-state index in [1.54, 1.807) is 23.1 Å². The van der Waals surface area contributed by atoms with Crippen LogP contribution in [0.2, 0.25) is 0 Å². The molecule has 2 unspecified atom stereocenters. The first kappa shape index (κ1) is 13.7. The lowest BCUT2D eigenvalue weighted by Crippen LogP contribution is -2.49. The third-order valence-corrected chi connectivity index (χ3v) is 4.41. The smallest absolute Gasteiger partial charge is 0.407 e. The van der Waals surface area contributed by atoms with E-state index in [0.717, 1.165) is 12.8 Å². The molecule has 2 bridgehead atoms.